The maximum Gasteiger partial charge on any atom is 0.130 e. The molecule has 1 unspecified atom stereocenters. The van der Waals surface area contributed by atoms with E-state index in [0.29, 0.717) is 15.4 Å². The standard InChI is InChI=1S/C17H17FOS/c1-3-6-16(18)15-7-4-5-8-17(15)20(19)14-11-9-13(2)10-12-14/h3-5,7-12,16H,1,6H2,2H3/t16-,20?/m0/s1. The van der Waals surface area contributed by atoms with Gasteiger partial charge in [0.25, 0.3) is 0 Å². The summed E-state index contributed by atoms with van der Waals surface area (Å²) in [6.07, 6.45) is 0.594. The number of rotatable bonds is 5. The zero-order chi connectivity index (χ0) is 14.5. The van der Waals surface area contributed by atoms with Crippen LogP contribution in [-0.2, 0) is 10.8 Å². The molecule has 20 heavy (non-hydrogen) atoms. The molecular weight excluding hydrogens is 271 g/mol. The third-order valence-electron chi connectivity index (χ3n) is 3.06. The summed E-state index contributed by atoms with van der Waals surface area (Å²) >= 11 is 0. The Balaban J connectivity index is 2.39. The van der Waals surface area contributed by atoms with E-state index < -0.39 is 17.0 Å². The Morgan fingerprint density at radius 3 is 2.50 bits per heavy atom. The van der Waals surface area contributed by atoms with Crippen LogP contribution >= 0.6 is 0 Å². The molecule has 2 atom stereocenters. The van der Waals surface area contributed by atoms with Crippen molar-refractivity contribution in [1.82, 2.24) is 0 Å². The highest BCUT2D eigenvalue weighted by Gasteiger charge is 2.17. The second-order valence-electron chi connectivity index (χ2n) is 4.61. The van der Waals surface area contributed by atoms with Gasteiger partial charge in [0.1, 0.15) is 6.17 Å². The van der Waals surface area contributed by atoms with E-state index in [0.717, 1.165) is 5.56 Å². The first-order valence-corrected chi connectivity index (χ1v) is 7.61. The molecule has 0 amide bonds. The van der Waals surface area contributed by atoms with Gasteiger partial charge in [-0.15, -0.1) is 6.58 Å². The molecule has 2 aromatic carbocycles. The number of alkyl halides is 1. The summed E-state index contributed by atoms with van der Waals surface area (Å²) in [6, 6.07) is 14.4. The fourth-order valence-electron chi connectivity index (χ4n) is 1.97. The molecule has 3 heteroatoms. The molecule has 0 saturated heterocycles. The normalized spacial score (nSPS) is 13.7. The fraction of sp³-hybridized carbons (Fsp3) is 0.176. The van der Waals surface area contributed by atoms with E-state index in [9.17, 15) is 8.60 Å². The van der Waals surface area contributed by atoms with Crippen molar-refractivity contribution in [3.63, 3.8) is 0 Å². The van der Waals surface area contributed by atoms with Gasteiger partial charge in [-0.25, -0.2) is 8.60 Å². The van der Waals surface area contributed by atoms with E-state index in [1.807, 2.05) is 31.2 Å². The van der Waals surface area contributed by atoms with E-state index in [4.69, 9.17) is 0 Å². The van der Waals surface area contributed by atoms with Crippen LogP contribution in [0.2, 0.25) is 0 Å². The van der Waals surface area contributed by atoms with Gasteiger partial charge in [-0.2, -0.15) is 0 Å². The van der Waals surface area contributed by atoms with Gasteiger partial charge in [-0.3, -0.25) is 0 Å². The summed E-state index contributed by atoms with van der Waals surface area (Å²) < 4.78 is 26.7. The molecule has 0 fully saturated rings. The predicted molar refractivity (Wildman–Crippen MR) is 81.0 cm³/mol. The minimum absolute atomic E-state index is 0.224. The largest absolute Gasteiger partial charge is 0.249 e. The molecule has 0 bridgehead atoms. The number of hydrogen-bond acceptors (Lipinski definition) is 1. The topological polar surface area (TPSA) is 17.1 Å². The summed E-state index contributed by atoms with van der Waals surface area (Å²) in [5, 5.41) is 0. The van der Waals surface area contributed by atoms with Crippen LogP contribution < -0.4 is 0 Å². The molecule has 0 heterocycles. The Labute approximate surface area is 121 Å². The van der Waals surface area contributed by atoms with Crippen molar-refractivity contribution in [3.05, 3.63) is 72.3 Å². The summed E-state index contributed by atoms with van der Waals surface area (Å²) in [5.41, 5.74) is 1.58. The van der Waals surface area contributed by atoms with E-state index in [2.05, 4.69) is 6.58 Å². The molecule has 0 aliphatic rings. The summed E-state index contributed by atoms with van der Waals surface area (Å²) in [5.74, 6) is 0. The molecular formula is C17H17FOS. The van der Waals surface area contributed by atoms with E-state index in [1.165, 1.54) is 6.08 Å². The zero-order valence-electron chi connectivity index (χ0n) is 11.4. The van der Waals surface area contributed by atoms with Crippen molar-refractivity contribution in [2.75, 3.05) is 0 Å². The Hall–Kier alpha value is -1.74. The highest BCUT2D eigenvalue weighted by Crippen LogP contribution is 2.29. The minimum atomic E-state index is -1.37. The van der Waals surface area contributed by atoms with Gasteiger partial charge in [0.2, 0.25) is 0 Å². The quantitative estimate of drug-likeness (QED) is 0.726. The highest BCUT2D eigenvalue weighted by atomic mass is 32.2. The molecule has 1 nitrogen and oxygen atoms in total. The molecule has 0 radical (unpaired) electrons. The van der Waals surface area contributed by atoms with Gasteiger partial charge in [0.15, 0.2) is 0 Å². The van der Waals surface area contributed by atoms with Crippen LogP contribution in [0.4, 0.5) is 4.39 Å². The smallest absolute Gasteiger partial charge is 0.130 e. The maximum atomic E-state index is 14.1. The van der Waals surface area contributed by atoms with Crippen LogP contribution in [0.1, 0.15) is 23.7 Å². The lowest BCUT2D eigenvalue weighted by Crippen LogP contribution is -2.01. The second-order valence-corrected chi connectivity index (χ2v) is 6.06. The monoisotopic (exact) mass is 288 g/mol. The van der Waals surface area contributed by atoms with E-state index >= 15 is 0 Å². The van der Waals surface area contributed by atoms with Crippen LogP contribution in [0.25, 0.3) is 0 Å². The SMILES string of the molecule is C=CC[C@H](F)c1ccccc1S(=O)c1ccc(C)cc1. The lowest BCUT2D eigenvalue weighted by atomic mass is 10.1. The van der Waals surface area contributed by atoms with Crippen LogP contribution in [0.5, 0.6) is 0 Å². The van der Waals surface area contributed by atoms with Gasteiger partial charge >= 0.3 is 0 Å². The van der Waals surface area contributed by atoms with Gasteiger partial charge in [0.05, 0.1) is 10.8 Å². The molecule has 0 aromatic heterocycles. The maximum absolute atomic E-state index is 14.1. The Morgan fingerprint density at radius 1 is 1.20 bits per heavy atom. The minimum Gasteiger partial charge on any atom is -0.249 e. The Morgan fingerprint density at radius 2 is 1.85 bits per heavy atom. The summed E-state index contributed by atoms with van der Waals surface area (Å²) in [7, 11) is -1.37. The van der Waals surface area contributed by atoms with Crippen LogP contribution in [0, 0.1) is 6.92 Å². The van der Waals surface area contributed by atoms with Gasteiger partial charge < -0.3 is 0 Å². The van der Waals surface area contributed by atoms with Gasteiger partial charge in [-0.1, -0.05) is 42.0 Å². The molecule has 0 N–H and O–H groups in total. The molecule has 2 rings (SSSR count). The number of halogens is 1. The van der Waals surface area contributed by atoms with Crippen LogP contribution in [0.15, 0.2) is 71.0 Å². The number of aryl methyl sites for hydroxylation is 1. The third kappa shape index (κ3) is 3.23. The first-order chi connectivity index (χ1) is 9.63. The zero-order valence-corrected chi connectivity index (χ0v) is 12.2. The lowest BCUT2D eigenvalue weighted by Gasteiger charge is -2.12. The Kier molecular flexibility index (Phi) is 4.85. The van der Waals surface area contributed by atoms with Crippen molar-refractivity contribution >= 4 is 10.8 Å². The highest BCUT2D eigenvalue weighted by molar-refractivity contribution is 7.85. The number of allylic oxidation sites excluding steroid dienone is 1. The van der Waals surface area contributed by atoms with E-state index in [1.54, 1.807) is 24.3 Å². The molecule has 104 valence electrons. The van der Waals surface area contributed by atoms with Gasteiger partial charge in [-0.05, 0) is 25.1 Å². The van der Waals surface area contributed by atoms with Crippen LogP contribution in [-0.4, -0.2) is 4.21 Å². The van der Waals surface area contributed by atoms with Crippen molar-refractivity contribution in [2.45, 2.75) is 29.3 Å². The van der Waals surface area contributed by atoms with Crippen molar-refractivity contribution in [2.24, 2.45) is 0 Å². The van der Waals surface area contributed by atoms with Crippen LogP contribution in [0.3, 0.4) is 0 Å². The first-order valence-electron chi connectivity index (χ1n) is 6.46. The number of benzene rings is 2. The van der Waals surface area contributed by atoms with Gasteiger partial charge in [0, 0.05) is 21.8 Å². The lowest BCUT2D eigenvalue weighted by molar-refractivity contribution is 0.342. The second kappa shape index (κ2) is 6.62. The molecule has 0 spiro atoms. The third-order valence-corrected chi connectivity index (χ3v) is 4.54. The predicted octanol–water partition coefficient (Wildman–Crippen LogP) is 4.75. The Bertz CT molecular complexity index is 619. The average Bonchev–Trinajstić information content (AvgIpc) is 2.47. The van der Waals surface area contributed by atoms with Crippen molar-refractivity contribution in [3.8, 4) is 0 Å². The summed E-state index contributed by atoms with van der Waals surface area (Å²) in [6.45, 7) is 5.53. The molecule has 0 aliphatic heterocycles. The molecule has 0 aliphatic carbocycles. The molecule has 0 saturated carbocycles. The van der Waals surface area contributed by atoms with E-state index in [-0.39, 0.29) is 6.42 Å². The summed E-state index contributed by atoms with van der Waals surface area (Å²) in [4.78, 5) is 1.22. The van der Waals surface area contributed by atoms with Crippen molar-refractivity contribution < 1.29 is 8.60 Å². The van der Waals surface area contributed by atoms with Crippen molar-refractivity contribution in [1.29, 1.82) is 0 Å². The fourth-order valence-corrected chi connectivity index (χ4v) is 3.22. The molecule has 2 aromatic rings. The number of hydrogen-bond donors (Lipinski definition) is 0. The first kappa shape index (κ1) is 14.7. The average molecular weight is 288 g/mol.